The number of nitrogens with zero attached hydrogens (tertiary/aromatic N) is 2. The van der Waals surface area contributed by atoms with Gasteiger partial charge in [0.1, 0.15) is 4.60 Å². The molecule has 6 nitrogen and oxygen atoms in total. The first kappa shape index (κ1) is 16.7. The van der Waals surface area contributed by atoms with Crippen LogP contribution in [0.2, 0.25) is 0 Å². The molecule has 10 heteroatoms. The molecule has 1 heterocycles. The van der Waals surface area contributed by atoms with Crippen molar-refractivity contribution >= 4 is 69.3 Å². The molecule has 0 aliphatic heterocycles. The summed E-state index contributed by atoms with van der Waals surface area (Å²) in [6.07, 6.45) is 1.39. The molecule has 0 saturated heterocycles. The summed E-state index contributed by atoms with van der Waals surface area (Å²) in [4.78, 5) is 8.07. The number of aryl methyl sites for hydroxylation is 1. The molecule has 0 unspecified atom stereocenters. The van der Waals surface area contributed by atoms with Crippen LogP contribution in [0.1, 0.15) is 5.56 Å². The van der Waals surface area contributed by atoms with E-state index in [4.69, 9.17) is 5.73 Å². The van der Waals surface area contributed by atoms with Gasteiger partial charge in [0.25, 0.3) is 10.0 Å². The van der Waals surface area contributed by atoms with E-state index in [-0.39, 0.29) is 15.3 Å². The van der Waals surface area contributed by atoms with Gasteiger partial charge >= 0.3 is 0 Å². The van der Waals surface area contributed by atoms with Crippen LogP contribution in [0, 0.1) is 6.92 Å². The summed E-state index contributed by atoms with van der Waals surface area (Å²) < 4.78 is 28.7. The maximum atomic E-state index is 12.4. The zero-order valence-electron chi connectivity index (χ0n) is 10.6. The van der Waals surface area contributed by atoms with Crippen molar-refractivity contribution in [2.24, 2.45) is 0 Å². The molecule has 1 aromatic carbocycles. The second-order valence-corrected chi connectivity index (χ2v) is 8.15. The molecular weight excluding hydrogens is 492 g/mol. The number of halogens is 3. The van der Waals surface area contributed by atoms with Crippen LogP contribution in [0.15, 0.2) is 36.9 Å². The predicted octanol–water partition coefficient (Wildman–Crippen LogP) is 3.46. The molecular formula is C11H9Br3N4O2S. The predicted molar refractivity (Wildman–Crippen MR) is 91.5 cm³/mol. The van der Waals surface area contributed by atoms with Crippen LogP contribution in [0.25, 0.3) is 0 Å². The second kappa shape index (κ2) is 6.19. The Hall–Kier alpha value is -0.710. The van der Waals surface area contributed by atoms with Crippen molar-refractivity contribution in [1.82, 2.24) is 9.97 Å². The minimum absolute atomic E-state index is 0.0832. The Bertz CT molecular complexity index is 811. The zero-order valence-corrected chi connectivity index (χ0v) is 16.1. The lowest BCUT2D eigenvalue weighted by atomic mass is 10.2. The largest absolute Gasteiger partial charge is 0.398 e. The highest BCUT2D eigenvalue weighted by Crippen LogP contribution is 2.29. The second-order valence-electron chi connectivity index (χ2n) is 4.08. The van der Waals surface area contributed by atoms with Crippen molar-refractivity contribution in [1.29, 1.82) is 0 Å². The van der Waals surface area contributed by atoms with Gasteiger partial charge in [0.15, 0.2) is 10.4 Å². The molecule has 2 rings (SSSR count). The molecule has 0 radical (unpaired) electrons. The van der Waals surface area contributed by atoms with Crippen molar-refractivity contribution in [2.45, 2.75) is 11.8 Å². The average molecular weight is 501 g/mol. The number of rotatable bonds is 3. The summed E-state index contributed by atoms with van der Waals surface area (Å²) in [5.41, 5.74) is 6.64. The fraction of sp³-hybridized carbons (Fsp3) is 0.0909. The van der Waals surface area contributed by atoms with Gasteiger partial charge in [-0.3, -0.25) is 4.72 Å². The van der Waals surface area contributed by atoms with Crippen molar-refractivity contribution < 1.29 is 8.42 Å². The number of hydrogen-bond acceptors (Lipinski definition) is 5. The van der Waals surface area contributed by atoms with E-state index < -0.39 is 10.0 Å². The Labute approximate surface area is 147 Å². The topological polar surface area (TPSA) is 98.0 Å². The first-order valence-electron chi connectivity index (χ1n) is 5.47. The number of sulfonamides is 1. The normalized spacial score (nSPS) is 11.4. The van der Waals surface area contributed by atoms with E-state index in [1.54, 1.807) is 13.0 Å². The summed E-state index contributed by atoms with van der Waals surface area (Å²) in [5, 5.41) is 0. The van der Waals surface area contributed by atoms with Gasteiger partial charge in [-0.2, -0.15) is 0 Å². The highest BCUT2D eigenvalue weighted by atomic mass is 79.9. The van der Waals surface area contributed by atoms with Gasteiger partial charge in [0, 0.05) is 10.2 Å². The van der Waals surface area contributed by atoms with E-state index in [1.165, 1.54) is 12.3 Å². The number of nitrogens with two attached hydrogens (primary N) is 1. The van der Waals surface area contributed by atoms with Gasteiger partial charge in [-0.15, -0.1) is 0 Å². The molecule has 0 fully saturated rings. The lowest BCUT2D eigenvalue weighted by molar-refractivity contribution is 0.600. The van der Waals surface area contributed by atoms with Crippen LogP contribution in [0.4, 0.5) is 11.5 Å². The third kappa shape index (κ3) is 3.74. The van der Waals surface area contributed by atoms with E-state index in [0.29, 0.717) is 20.3 Å². The minimum atomic E-state index is -3.82. The molecule has 0 amide bonds. The van der Waals surface area contributed by atoms with E-state index in [1.807, 2.05) is 0 Å². The van der Waals surface area contributed by atoms with Crippen molar-refractivity contribution in [2.75, 3.05) is 10.5 Å². The summed E-state index contributed by atoms with van der Waals surface area (Å²) in [6, 6.07) is 3.04. The summed E-state index contributed by atoms with van der Waals surface area (Å²) in [7, 11) is -3.82. The van der Waals surface area contributed by atoms with E-state index in [9.17, 15) is 8.42 Å². The number of benzene rings is 1. The SMILES string of the molecule is Cc1cc(Br)c(N)cc1S(=O)(=O)Nc1ncc(Br)nc1Br. The van der Waals surface area contributed by atoms with Gasteiger partial charge in [-0.25, -0.2) is 18.4 Å². The smallest absolute Gasteiger partial charge is 0.263 e. The molecule has 0 aliphatic rings. The maximum absolute atomic E-state index is 12.4. The van der Waals surface area contributed by atoms with Crippen LogP contribution in [0.5, 0.6) is 0 Å². The third-order valence-corrected chi connectivity index (χ3v) is 5.62. The van der Waals surface area contributed by atoms with Gasteiger partial charge in [0.05, 0.1) is 11.1 Å². The fourth-order valence-electron chi connectivity index (χ4n) is 1.56. The number of nitrogen functional groups attached to an aromatic ring is 1. The van der Waals surface area contributed by atoms with E-state index >= 15 is 0 Å². The van der Waals surface area contributed by atoms with Crippen LogP contribution in [-0.4, -0.2) is 18.4 Å². The molecule has 0 bridgehead atoms. The summed E-state index contributed by atoms with van der Waals surface area (Å²) in [5.74, 6) is 0.0964. The highest BCUT2D eigenvalue weighted by Gasteiger charge is 2.20. The molecule has 1 aromatic heterocycles. The Morgan fingerprint density at radius 2 is 1.90 bits per heavy atom. The number of anilines is 2. The van der Waals surface area contributed by atoms with Crippen molar-refractivity contribution in [3.63, 3.8) is 0 Å². The Balaban J connectivity index is 2.46. The number of hydrogen-bond donors (Lipinski definition) is 2. The molecule has 112 valence electrons. The number of nitrogens with one attached hydrogen (secondary N) is 1. The van der Waals surface area contributed by atoms with Gasteiger partial charge in [-0.1, -0.05) is 0 Å². The third-order valence-electron chi connectivity index (χ3n) is 2.52. The Kier molecular flexibility index (Phi) is 4.91. The lowest BCUT2D eigenvalue weighted by Gasteiger charge is -2.12. The maximum Gasteiger partial charge on any atom is 0.263 e. The van der Waals surface area contributed by atoms with Crippen LogP contribution in [0.3, 0.4) is 0 Å². The molecule has 21 heavy (non-hydrogen) atoms. The molecule has 0 saturated carbocycles. The van der Waals surface area contributed by atoms with Gasteiger partial charge in [-0.05, 0) is 72.4 Å². The van der Waals surface area contributed by atoms with Gasteiger partial charge < -0.3 is 5.73 Å². The lowest BCUT2D eigenvalue weighted by Crippen LogP contribution is -2.16. The first-order valence-corrected chi connectivity index (χ1v) is 9.33. The highest BCUT2D eigenvalue weighted by molar-refractivity contribution is 9.11. The van der Waals surface area contributed by atoms with Crippen LogP contribution >= 0.6 is 47.8 Å². The summed E-state index contributed by atoms with van der Waals surface area (Å²) in [6.45, 7) is 1.68. The monoisotopic (exact) mass is 498 g/mol. The molecule has 3 N–H and O–H groups in total. The van der Waals surface area contributed by atoms with Crippen LogP contribution in [-0.2, 0) is 10.0 Å². The first-order chi connectivity index (χ1) is 9.70. The van der Waals surface area contributed by atoms with E-state index in [0.717, 1.165) is 0 Å². The molecule has 0 atom stereocenters. The van der Waals surface area contributed by atoms with Crippen LogP contribution < -0.4 is 10.5 Å². The number of aromatic nitrogens is 2. The summed E-state index contributed by atoms with van der Waals surface area (Å²) >= 11 is 9.56. The average Bonchev–Trinajstić information content (AvgIpc) is 2.37. The Morgan fingerprint density at radius 3 is 2.52 bits per heavy atom. The molecule has 0 aliphatic carbocycles. The minimum Gasteiger partial charge on any atom is -0.398 e. The molecule has 2 aromatic rings. The quantitative estimate of drug-likeness (QED) is 0.629. The van der Waals surface area contributed by atoms with Crippen molar-refractivity contribution in [3.05, 3.63) is 37.6 Å². The van der Waals surface area contributed by atoms with Crippen molar-refractivity contribution in [3.8, 4) is 0 Å². The zero-order chi connectivity index (χ0) is 15.8. The van der Waals surface area contributed by atoms with E-state index in [2.05, 4.69) is 62.5 Å². The molecule has 0 spiro atoms. The standard InChI is InChI=1S/C11H9Br3N4O2S/c1-5-2-6(12)7(15)3-8(5)21(19,20)18-11-10(14)17-9(13)4-16-11/h2-4H,15H2,1H3,(H,16,18). The Morgan fingerprint density at radius 1 is 1.24 bits per heavy atom. The van der Waals surface area contributed by atoms with Gasteiger partial charge in [0.2, 0.25) is 0 Å². The fourth-order valence-corrected chi connectivity index (χ4v) is 4.33.